The second-order valence-corrected chi connectivity index (χ2v) is 4.02. The molecular weight excluding hydrogens is 226 g/mol. The Kier molecular flexibility index (Phi) is 2.78. The Balaban J connectivity index is 2.05. The number of fused-ring (bicyclic) bond motifs is 1. The van der Waals surface area contributed by atoms with E-state index in [1.165, 1.54) is 0 Å². The van der Waals surface area contributed by atoms with Gasteiger partial charge in [-0.2, -0.15) is 4.98 Å². The van der Waals surface area contributed by atoms with E-state index >= 15 is 0 Å². The Morgan fingerprint density at radius 1 is 1.06 bits per heavy atom. The summed E-state index contributed by atoms with van der Waals surface area (Å²) in [4.78, 5) is 8.86. The zero-order valence-corrected chi connectivity index (χ0v) is 10.1. The monoisotopic (exact) mass is 239 g/mol. The van der Waals surface area contributed by atoms with Crippen molar-refractivity contribution in [2.45, 2.75) is 6.54 Å². The first-order valence-corrected chi connectivity index (χ1v) is 5.83. The lowest BCUT2D eigenvalue weighted by Crippen LogP contribution is -2.04. The molecule has 1 N–H and O–H groups in total. The molecule has 90 valence electrons. The molecule has 2 aromatic heterocycles. The first kappa shape index (κ1) is 10.9. The van der Waals surface area contributed by atoms with E-state index < -0.39 is 0 Å². The van der Waals surface area contributed by atoms with Crippen molar-refractivity contribution in [2.75, 3.05) is 7.05 Å². The van der Waals surface area contributed by atoms with Gasteiger partial charge in [0.25, 0.3) is 0 Å². The highest BCUT2D eigenvalue weighted by atomic mass is 16.3. The van der Waals surface area contributed by atoms with Crippen LogP contribution >= 0.6 is 0 Å². The van der Waals surface area contributed by atoms with E-state index in [1.807, 2.05) is 49.5 Å². The molecule has 0 amide bonds. The lowest BCUT2D eigenvalue weighted by atomic mass is 10.1. The molecule has 3 aromatic rings. The van der Waals surface area contributed by atoms with Gasteiger partial charge in [-0.25, -0.2) is 4.98 Å². The molecule has 4 heteroatoms. The molecule has 2 heterocycles. The van der Waals surface area contributed by atoms with Crippen LogP contribution in [0.15, 0.2) is 46.9 Å². The van der Waals surface area contributed by atoms with E-state index in [0.29, 0.717) is 18.1 Å². The molecule has 1 aromatic carbocycles. The summed E-state index contributed by atoms with van der Waals surface area (Å²) in [6, 6.07) is 13.9. The van der Waals surface area contributed by atoms with Crippen LogP contribution in [0.1, 0.15) is 5.89 Å². The van der Waals surface area contributed by atoms with Gasteiger partial charge in [0.15, 0.2) is 11.2 Å². The van der Waals surface area contributed by atoms with Gasteiger partial charge >= 0.3 is 0 Å². The molecule has 0 aliphatic heterocycles. The summed E-state index contributed by atoms with van der Waals surface area (Å²) < 4.78 is 5.56. The fourth-order valence-electron chi connectivity index (χ4n) is 1.86. The molecule has 0 radical (unpaired) electrons. The number of nitrogens with one attached hydrogen (secondary N) is 1. The van der Waals surface area contributed by atoms with Crippen molar-refractivity contribution in [2.24, 2.45) is 0 Å². The van der Waals surface area contributed by atoms with Crippen LogP contribution in [0.3, 0.4) is 0 Å². The molecule has 18 heavy (non-hydrogen) atoms. The van der Waals surface area contributed by atoms with Gasteiger partial charge in [0.1, 0.15) is 0 Å². The topological polar surface area (TPSA) is 51.0 Å². The molecule has 0 fully saturated rings. The Morgan fingerprint density at radius 2 is 1.89 bits per heavy atom. The minimum absolute atomic E-state index is 0.608. The Hall–Kier alpha value is -2.20. The van der Waals surface area contributed by atoms with E-state index in [2.05, 4.69) is 15.3 Å². The Morgan fingerprint density at radius 3 is 2.67 bits per heavy atom. The van der Waals surface area contributed by atoms with Crippen molar-refractivity contribution >= 4 is 11.2 Å². The number of hydrogen-bond donors (Lipinski definition) is 1. The number of aromatic nitrogens is 2. The van der Waals surface area contributed by atoms with Crippen LogP contribution in [0.25, 0.3) is 22.5 Å². The van der Waals surface area contributed by atoms with Crippen LogP contribution in [-0.2, 0) is 6.54 Å². The van der Waals surface area contributed by atoms with Crippen molar-refractivity contribution < 1.29 is 4.42 Å². The standard InChI is InChI=1S/C14H13N3O/c1-15-9-13-17-14-12(18-13)8-7-11(16-14)10-5-3-2-4-6-10/h2-8,15H,9H2,1H3. The van der Waals surface area contributed by atoms with E-state index in [-0.39, 0.29) is 0 Å². The van der Waals surface area contributed by atoms with E-state index in [4.69, 9.17) is 4.42 Å². The molecule has 0 aliphatic rings. The van der Waals surface area contributed by atoms with Gasteiger partial charge in [0, 0.05) is 5.56 Å². The normalized spacial score (nSPS) is 10.9. The van der Waals surface area contributed by atoms with Crippen LogP contribution in [0.2, 0.25) is 0 Å². The van der Waals surface area contributed by atoms with E-state index in [0.717, 1.165) is 16.8 Å². The molecular formula is C14H13N3O. The summed E-state index contributed by atoms with van der Waals surface area (Å²) in [7, 11) is 1.86. The molecule has 0 saturated heterocycles. The van der Waals surface area contributed by atoms with Crippen molar-refractivity contribution in [3.05, 3.63) is 48.4 Å². The third-order valence-corrected chi connectivity index (χ3v) is 2.70. The lowest BCUT2D eigenvalue weighted by molar-refractivity contribution is 0.511. The van der Waals surface area contributed by atoms with Gasteiger partial charge in [-0.15, -0.1) is 0 Å². The third-order valence-electron chi connectivity index (χ3n) is 2.70. The maximum absolute atomic E-state index is 5.56. The summed E-state index contributed by atoms with van der Waals surface area (Å²) >= 11 is 0. The van der Waals surface area contributed by atoms with Crippen molar-refractivity contribution in [3.8, 4) is 11.3 Å². The van der Waals surface area contributed by atoms with Crippen molar-refractivity contribution in [1.29, 1.82) is 0 Å². The highest BCUT2D eigenvalue weighted by molar-refractivity contribution is 5.73. The quantitative estimate of drug-likeness (QED) is 0.763. The predicted octanol–water partition coefficient (Wildman–Crippen LogP) is 2.61. The van der Waals surface area contributed by atoms with E-state index in [9.17, 15) is 0 Å². The molecule has 0 aliphatic carbocycles. The number of benzene rings is 1. The summed E-state index contributed by atoms with van der Waals surface area (Å²) in [6.45, 7) is 0.608. The SMILES string of the molecule is CNCc1nc2nc(-c3ccccc3)ccc2o1. The first-order chi connectivity index (χ1) is 8.86. The smallest absolute Gasteiger partial charge is 0.211 e. The summed E-state index contributed by atoms with van der Waals surface area (Å²) in [5, 5.41) is 3.01. The number of oxazole rings is 1. The number of hydrogen-bond acceptors (Lipinski definition) is 4. The third kappa shape index (κ3) is 1.98. The maximum Gasteiger partial charge on any atom is 0.211 e. The largest absolute Gasteiger partial charge is 0.438 e. The fraction of sp³-hybridized carbons (Fsp3) is 0.143. The van der Waals surface area contributed by atoms with Gasteiger partial charge in [-0.05, 0) is 19.2 Å². The second kappa shape index (κ2) is 4.58. The lowest BCUT2D eigenvalue weighted by Gasteiger charge is -1.98. The minimum Gasteiger partial charge on any atom is -0.438 e. The molecule has 0 atom stereocenters. The minimum atomic E-state index is 0.608. The maximum atomic E-state index is 5.56. The zero-order chi connectivity index (χ0) is 12.4. The molecule has 0 saturated carbocycles. The van der Waals surface area contributed by atoms with Gasteiger partial charge in [-0.1, -0.05) is 30.3 Å². The second-order valence-electron chi connectivity index (χ2n) is 4.02. The van der Waals surface area contributed by atoms with E-state index in [1.54, 1.807) is 0 Å². The highest BCUT2D eigenvalue weighted by Crippen LogP contribution is 2.21. The zero-order valence-electron chi connectivity index (χ0n) is 10.1. The molecule has 3 rings (SSSR count). The molecule has 4 nitrogen and oxygen atoms in total. The number of pyridine rings is 1. The van der Waals surface area contributed by atoms with Gasteiger partial charge in [0.05, 0.1) is 12.2 Å². The Bertz CT molecular complexity index is 661. The summed E-state index contributed by atoms with van der Waals surface area (Å²) in [5.74, 6) is 0.658. The average Bonchev–Trinajstić information content (AvgIpc) is 2.81. The highest BCUT2D eigenvalue weighted by Gasteiger charge is 2.07. The number of nitrogens with zero attached hydrogens (tertiary/aromatic N) is 2. The molecule has 0 bridgehead atoms. The summed E-state index contributed by atoms with van der Waals surface area (Å²) in [5.41, 5.74) is 3.37. The van der Waals surface area contributed by atoms with Crippen molar-refractivity contribution in [1.82, 2.24) is 15.3 Å². The molecule has 0 spiro atoms. The summed E-state index contributed by atoms with van der Waals surface area (Å²) in [6.07, 6.45) is 0. The van der Waals surface area contributed by atoms with Gasteiger partial charge in [0.2, 0.25) is 5.89 Å². The number of rotatable bonds is 3. The first-order valence-electron chi connectivity index (χ1n) is 5.83. The van der Waals surface area contributed by atoms with Gasteiger partial charge < -0.3 is 9.73 Å². The van der Waals surface area contributed by atoms with Crippen molar-refractivity contribution in [3.63, 3.8) is 0 Å². The van der Waals surface area contributed by atoms with Crippen LogP contribution in [0.4, 0.5) is 0 Å². The van der Waals surface area contributed by atoms with Crippen LogP contribution < -0.4 is 5.32 Å². The Labute approximate surface area is 105 Å². The predicted molar refractivity (Wildman–Crippen MR) is 70.0 cm³/mol. The fourth-order valence-corrected chi connectivity index (χ4v) is 1.86. The average molecular weight is 239 g/mol. The van der Waals surface area contributed by atoms with Crippen LogP contribution in [0.5, 0.6) is 0 Å². The van der Waals surface area contributed by atoms with Crippen LogP contribution in [0, 0.1) is 0 Å². The molecule has 0 unspecified atom stereocenters. The van der Waals surface area contributed by atoms with Gasteiger partial charge in [-0.3, -0.25) is 0 Å². The van der Waals surface area contributed by atoms with Crippen LogP contribution in [-0.4, -0.2) is 17.0 Å².